The molecule has 3 aromatic rings. The molecule has 1 heterocycles. The molecular weight excluding hydrogens is 398 g/mol. The Kier molecular flexibility index (Phi) is 6.42. The molecule has 26 heavy (non-hydrogen) atoms. The summed E-state index contributed by atoms with van der Waals surface area (Å²) >= 11 is -0.113. The molecule has 136 valence electrons. The molecule has 3 rings (SSSR count). The fraction of sp³-hybridized carbons (Fsp3) is 0.300. The maximum atomic E-state index is 13.3. The van der Waals surface area contributed by atoms with E-state index in [0.29, 0.717) is 24.0 Å². The third-order valence-corrected chi connectivity index (χ3v) is 6.53. The van der Waals surface area contributed by atoms with Crippen LogP contribution in [-0.2, 0) is 6.54 Å². The van der Waals surface area contributed by atoms with Gasteiger partial charge in [-0.05, 0) is 0 Å². The van der Waals surface area contributed by atoms with E-state index < -0.39 is 0 Å². The van der Waals surface area contributed by atoms with Gasteiger partial charge in [0.15, 0.2) is 0 Å². The van der Waals surface area contributed by atoms with Crippen molar-refractivity contribution < 1.29 is 9.18 Å². The van der Waals surface area contributed by atoms with Gasteiger partial charge in [0.25, 0.3) is 0 Å². The molecule has 1 N–H and O–H groups in total. The third-order valence-electron chi connectivity index (χ3n) is 4.22. The second kappa shape index (κ2) is 8.97. The SMILES string of the molecule is O=C(NCCCCCCn1[se]c2cc(F)ccc2c1=O)c1ccccc1. The van der Waals surface area contributed by atoms with Crippen molar-refractivity contribution in [2.24, 2.45) is 0 Å². The van der Waals surface area contributed by atoms with Gasteiger partial charge in [-0.1, -0.05) is 6.07 Å². The molecular formula is C20H21FN2O2Se. The maximum absolute atomic E-state index is 13.3. The summed E-state index contributed by atoms with van der Waals surface area (Å²) in [5.74, 6) is -0.321. The Bertz CT molecular complexity index is 934. The molecule has 1 aromatic heterocycles. The summed E-state index contributed by atoms with van der Waals surface area (Å²) in [4.78, 5) is 24.2. The number of aromatic nitrogens is 1. The van der Waals surface area contributed by atoms with E-state index in [-0.39, 0.29) is 32.0 Å². The number of carbonyl (C=O) groups excluding carboxylic acids is 1. The number of unbranched alkanes of at least 4 members (excludes halogenated alkanes) is 3. The molecule has 0 aliphatic rings. The Balaban J connectivity index is 1.37. The van der Waals surface area contributed by atoms with Gasteiger partial charge in [-0.25, -0.2) is 0 Å². The number of carbonyl (C=O) groups is 1. The molecule has 0 bridgehead atoms. The van der Waals surface area contributed by atoms with Crippen molar-refractivity contribution in [2.45, 2.75) is 32.2 Å². The van der Waals surface area contributed by atoms with Crippen LogP contribution in [0.2, 0.25) is 0 Å². The van der Waals surface area contributed by atoms with E-state index in [4.69, 9.17) is 0 Å². The zero-order valence-electron chi connectivity index (χ0n) is 14.4. The van der Waals surface area contributed by atoms with Gasteiger partial charge in [-0.3, -0.25) is 0 Å². The quantitative estimate of drug-likeness (QED) is 0.451. The molecule has 0 aliphatic heterocycles. The Morgan fingerprint density at radius 2 is 1.81 bits per heavy atom. The number of hydrogen-bond acceptors (Lipinski definition) is 2. The van der Waals surface area contributed by atoms with E-state index in [9.17, 15) is 14.0 Å². The van der Waals surface area contributed by atoms with Crippen molar-refractivity contribution >= 4 is 30.3 Å². The average molecular weight is 419 g/mol. The fourth-order valence-corrected chi connectivity index (χ4v) is 5.04. The van der Waals surface area contributed by atoms with Crippen LogP contribution < -0.4 is 10.9 Å². The summed E-state index contributed by atoms with van der Waals surface area (Å²) in [7, 11) is 0. The van der Waals surface area contributed by atoms with Crippen molar-refractivity contribution in [2.75, 3.05) is 6.54 Å². The van der Waals surface area contributed by atoms with Gasteiger partial charge in [0.05, 0.1) is 0 Å². The Hall–Kier alpha value is -2.17. The van der Waals surface area contributed by atoms with Crippen LogP contribution in [-0.4, -0.2) is 30.7 Å². The normalized spacial score (nSPS) is 11.0. The number of amides is 1. The van der Waals surface area contributed by atoms with Gasteiger partial charge >= 0.3 is 151 Å². The van der Waals surface area contributed by atoms with Crippen LogP contribution in [0.25, 0.3) is 9.65 Å². The first-order valence-electron chi connectivity index (χ1n) is 8.78. The minimum atomic E-state index is -0.280. The first kappa shape index (κ1) is 18.6. The molecule has 1 amide bonds. The summed E-state index contributed by atoms with van der Waals surface area (Å²) in [5.41, 5.74) is 0.702. The molecule has 0 aliphatic carbocycles. The van der Waals surface area contributed by atoms with Crippen LogP contribution in [0.5, 0.6) is 0 Å². The first-order chi connectivity index (χ1) is 12.6. The second-order valence-corrected chi connectivity index (χ2v) is 8.41. The second-order valence-electron chi connectivity index (χ2n) is 6.18. The first-order valence-corrected chi connectivity index (χ1v) is 10.4. The molecule has 0 saturated carbocycles. The van der Waals surface area contributed by atoms with Crippen LogP contribution in [0.3, 0.4) is 0 Å². The number of fused-ring (bicyclic) bond motifs is 1. The number of hydrogen-bond donors (Lipinski definition) is 1. The summed E-state index contributed by atoms with van der Waals surface area (Å²) < 4.78 is 15.9. The van der Waals surface area contributed by atoms with Crippen LogP contribution >= 0.6 is 0 Å². The Labute approximate surface area is 157 Å². The molecule has 0 saturated heterocycles. The van der Waals surface area contributed by atoms with Crippen molar-refractivity contribution in [3.05, 3.63) is 70.3 Å². The van der Waals surface area contributed by atoms with Crippen molar-refractivity contribution in [1.29, 1.82) is 0 Å². The van der Waals surface area contributed by atoms with Gasteiger partial charge in [0, 0.05) is 0 Å². The van der Waals surface area contributed by atoms with Crippen molar-refractivity contribution in [3.63, 3.8) is 0 Å². The third kappa shape index (κ3) is 4.71. The van der Waals surface area contributed by atoms with E-state index in [1.54, 1.807) is 18.2 Å². The molecule has 0 fully saturated rings. The van der Waals surface area contributed by atoms with Gasteiger partial charge in [0.2, 0.25) is 0 Å². The van der Waals surface area contributed by atoms with Crippen LogP contribution in [0, 0.1) is 5.82 Å². The standard InChI is InChI=1S/C20H21FN2O2Se/c21-16-10-11-17-18(14-16)26-23(20(17)25)13-7-2-1-6-12-22-19(24)15-8-4-3-5-9-15/h3-5,8-11,14H,1-2,6-7,12-13H2,(H,22,24). The molecule has 6 heteroatoms. The van der Waals surface area contributed by atoms with Gasteiger partial charge in [0.1, 0.15) is 0 Å². The molecule has 0 unspecified atom stereocenters. The minimum absolute atomic E-state index is 0.0233. The Morgan fingerprint density at radius 3 is 2.62 bits per heavy atom. The summed E-state index contributed by atoms with van der Waals surface area (Å²) in [6.45, 7) is 1.37. The number of nitrogens with one attached hydrogen (secondary N) is 1. The molecule has 2 aromatic carbocycles. The van der Waals surface area contributed by atoms with E-state index in [0.717, 1.165) is 29.9 Å². The predicted molar refractivity (Wildman–Crippen MR) is 102 cm³/mol. The molecule has 4 nitrogen and oxygen atoms in total. The van der Waals surface area contributed by atoms with Gasteiger partial charge < -0.3 is 0 Å². The zero-order chi connectivity index (χ0) is 18.4. The number of benzene rings is 2. The van der Waals surface area contributed by atoms with E-state index >= 15 is 0 Å². The van der Waals surface area contributed by atoms with Crippen LogP contribution in [0.15, 0.2) is 53.3 Å². The fourth-order valence-electron chi connectivity index (χ4n) is 2.82. The predicted octanol–water partition coefficient (Wildman–Crippen LogP) is 3.19. The van der Waals surface area contributed by atoms with Gasteiger partial charge in [-0.15, -0.1) is 0 Å². The Morgan fingerprint density at radius 1 is 1.04 bits per heavy atom. The molecule has 0 atom stereocenters. The topological polar surface area (TPSA) is 51.1 Å². The number of aryl methyl sites for hydroxylation is 1. The van der Waals surface area contributed by atoms with Crippen LogP contribution in [0.4, 0.5) is 4.39 Å². The number of nitrogens with zero attached hydrogens (tertiary/aromatic N) is 1. The number of halogens is 1. The summed E-state index contributed by atoms with van der Waals surface area (Å²) in [6.07, 6.45) is 3.86. The summed E-state index contributed by atoms with van der Waals surface area (Å²) in [6, 6.07) is 13.6. The molecule has 0 spiro atoms. The van der Waals surface area contributed by atoms with Crippen molar-refractivity contribution in [1.82, 2.24) is 8.88 Å². The summed E-state index contributed by atoms with van der Waals surface area (Å²) in [5, 5.41) is 3.57. The molecule has 0 radical (unpaired) electrons. The zero-order valence-corrected chi connectivity index (χ0v) is 16.1. The monoisotopic (exact) mass is 420 g/mol. The average Bonchev–Trinajstić information content (AvgIpc) is 2.96. The van der Waals surface area contributed by atoms with Crippen LogP contribution in [0.1, 0.15) is 36.0 Å². The van der Waals surface area contributed by atoms with Crippen molar-refractivity contribution in [3.8, 4) is 0 Å². The number of rotatable bonds is 8. The van der Waals surface area contributed by atoms with E-state index in [2.05, 4.69) is 5.32 Å². The van der Waals surface area contributed by atoms with E-state index in [1.165, 1.54) is 12.1 Å². The van der Waals surface area contributed by atoms with Gasteiger partial charge in [-0.2, -0.15) is 0 Å². The van der Waals surface area contributed by atoms with E-state index in [1.807, 2.05) is 21.8 Å².